The second-order valence-corrected chi connectivity index (χ2v) is 4.13. The Bertz CT molecular complexity index is 646. The van der Waals surface area contributed by atoms with E-state index in [1.54, 1.807) is 25.1 Å². The lowest BCUT2D eigenvalue weighted by Crippen LogP contribution is -2.10. The molecule has 4 N–H and O–H groups in total. The summed E-state index contributed by atoms with van der Waals surface area (Å²) in [5, 5.41) is 0.0350. The van der Waals surface area contributed by atoms with Crippen molar-refractivity contribution in [2.45, 2.75) is 6.92 Å². The molecule has 0 saturated heterocycles. The van der Waals surface area contributed by atoms with Crippen molar-refractivity contribution in [3.63, 3.8) is 0 Å². The highest BCUT2D eigenvalue weighted by Crippen LogP contribution is 2.28. The van der Waals surface area contributed by atoms with Crippen LogP contribution in [0.3, 0.4) is 0 Å². The minimum absolute atomic E-state index is 0.0350. The van der Waals surface area contributed by atoms with Crippen molar-refractivity contribution in [2.24, 2.45) is 5.73 Å². The number of ether oxygens (including phenoxy) is 1. The molecule has 7 heteroatoms. The van der Waals surface area contributed by atoms with Crippen molar-refractivity contribution < 1.29 is 9.53 Å². The molecule has 0 spiro atoms. The summed E-state index contributed by atoms with van der Waals surface area (Å²) in [5.74, 6) is -0.0217. The van der Waals surface area contributed by atoms with E-state index >= 15 is 0 Å². The van der Waals surface area contributed by atoms with E-state index in [4.69, 9.17) is 27.8 Å². The summed E-state index contributed by atoms with van der Waals surface area (Å²) in [6.07, 6.45) is 0. The monoisotopic (exact) mass is 278 g/mol. The fourth-order valence-corrected chi connectivity index (χ4v) is 1.63. The standard InChI is InChI=1S/C12H11ClN4O2/c1-6-9(14)11(17-12(13)16-6)19-8-4-2-3-7(5-8)10(15)18/h2-5H,14H2,1H3,(H2,15,18). The maximum absolute atomic E-state index is 11.1. The first-order valence-corrected chi connectivity index (χ1v) is 5.72. The van der Waals surface area contributed by atoms with Crippen molar-refractivity contribution in [2.75, 3.05) is 5.73 Å². The van der Waals surface area contributed by atoms with Gasteiger partial charge in [-0.2, -0.15) is 4.98 Å². The molecular weight excluding hydrogens is 268 g/mol. The summed E-state index contributed by atoms with van der Waals surface area (Å²) in [5.41, 5.74) is 12.1. The number of hydrogen-bond donors (Lipinski definition) is 2. The molecule has 0 bridgehead atoms. The molecule has 0 unspecified atom stereocenters. The lowest BCUT2D eigenvalue weighted by atomic mass is 10.2. The number of halogens is 1. The van der Waals surface area contributed by atoms with Gasteiger partial charge in [-0.05, 0) is 36.7 Å². The maximum Gasteiger partial charge on any atom is 0.248 e. The zero-order valence-electron chi connectivity index (χ0n) is 10.1. The number of nitrogen functional groups attached to an aromatic ring is 1. The van der Waals surface area contributed by atoms with E-state index in [2.05, 4.69) is 9.97 Å². The number of aryl methyl sites for hydroxylation is 1. The highest BCUT2D eigenvalue weighted by Gasteiger charge is 2.11. The van der Waals surface area contributed by atoms with Gasteiger partial charge in [0.1, 0.15) is 11.4 Å². The van der Waals surface area contributed by atoms with Crippen LogP contribution in [0.1, 0.15) is 16.1 Å². The maximum atomic E-state index is 11.1. The Morgan fingerprint density at radius 1 is 1.37 bits per heavy atom. The van der Waals surface area contributed by atoms with Crippen LogP contribution in [0, 0.1) is 6.92 Å². The molecule has 6 nitrogen and oxygen atoms in total. The molecule has 0 radical (unpaired) electrons. The Balaban J connectivity index is 2.36. The average molecular weight is 279 g/mol. The largest absolute Gasteiger partial charge is 0.437 e. The van der Waals surface area contributed by atoms with Gasteiger partial charge in [-0.3, -0.25) is 4.79 Å². The minimum Gasteiger partial charge on any atom is -0.437 e. The van der Waals surface area contributed by atoms with E-state index in [0.717, 1.165) is 0 Å². The summed E-state index contributed by atoms with van der Waals surface area (Å²) in [7, 11) is 0. The van der Waals surface area contributed by atoms with E-state index in [-0.39, 0.29) is 16.9 Å². The number of carbonyl (C=O) groups excluding carboxylic acids is 1. The molecule has 0 fully saturated rings. The predicted octanol–water partition coefficient (Wildman–Crippen LogP) is 1.91. The Morgan fingerprint density at radius 2 is 2.11 bits per heavy atom. The molecule has 2 rings (SSSR count). The van der Waals surface area contributed by atoms with E-state index in [1.165, 1.54) is 6.07 Å². The molecule has 2 aromatic rings. The fraction of sp³-hybridized carbons (Fsp3) is 0.0833. The second-order valence-electron chi connectivity index (χ2n) is 3.79. The van der Waals surface area contributed by atoms with Crippen molar-refractivity contribution in [3.05, 3.63) is 40.8 Å². The molecular formula is C12H11ClN4O2. The van der Waals surface area contributed by atoms with Gasteiger partial charge in [-0.25, -0.2) is 4.98 Å². The number of benzene rings is 1. The van der Waals surface area contributed by atoms with Crippen LogP contribution < -0.4 is 16.2 Å². The summed E-state index contributed by atoms with van der Waals surface area (Å²) in [4.78, 5) is 18.9. The van der Waals surface area contributed by atoms with Gasteiger partial charge in [-0.1, -0.05) is 6.07 Å². The summed E-state index contributed by atoms with van der Waals surface area (Å²) >= 11 is 5.74. The highest BCUT2D eigenvalue weighted by atomic mass is 35.5. The zero-order chi connectivity index (χ0) is 14.0. The molecule has 0 aliphatic carbocycles. The summed E-state index contributed by atoms with van der Waals surface area (Å²) < 4.78 is 5.49. The van der Waals surface area contributed by atoms with Gasteiger partial charge >= 0.3 is 0 Å². The smallest absolute Gasteiger partial charge is 0.248 e. The molecule has 19 heavy (non-hydrogen) atoms. The fourth-order valence-electron chi connectivity index (χ4n) is 1.42. The van der Waals surface area contributed by atoms with Gasteiger partial charge < -0.3 is 16.2 Å². The number of amides is 1. The quantitative estimate of drug-likeness (QED) is 0.835. The average Bonchev–Trinajstić information content (AvgIpc) is 2.35. The Kier molecular flexibility index (Phi) is 3.52. The lowest BCUT2D eigenvalue weighted by molar-refractivity contribution is 0.1000. The lowest BCUT2D eigenvalue weighted by Gasteiger charge is -2.09. The Hall–Kier alpha value is -2.34. The second kappa shape index (κ2) is 5.11. The van der Waals surface area contributed by atoms with Crippen molar-refractivity contribution in [1.82, 2.24) is 9.97 Å². The number of anilines is 1. The van der Waals surface area contributed by atoms with Crippen LogP contribution in [0.15, 0.2) is 24.3 Å². The van der Waals surface area contributed by atoms with E-state index in [0.29, 0.717) is 17.0 Å². The third kappa shape index (κ3) is 2.92. The summed E-state index contributed by atoms with van der Waals surface area (Å²) in [6, 6.07) is 6.36. The van der Waals surface area contributed by atoms with E-state index in [1.807, 2.05) is 0 Å². The SMILES string of the molecule is Cc1nc(Cl)nc(Oc2cccc(C(N)=O)c2)c1N. The van der Waals surface area contributed by atoms with Gasteiger partial charge in [0.2, 0.25) is 17.1 Å². The molecule has 0 aliphatic heterocycles. The van der Waals surface area contributed by atoms with Crippen LogP contribution in [0.4, 0.5) is 5.69 Å². The molecule has 1 heterocycles. The molecule has 1 aromatic carbocycles. The zero-order valence-corrected chi connectivity index (χ0v) is 10.8. The van der Waals surface area contributed by atoms with Gasteiger partial charge in [0, 0.05) is 5.56 Å². The number of aromatic nitrogens is 2. The first-order chi connectivity index (χ1) is 8.97. The molecule has 1 amide bonds. The molecule has 1 aromatic heterocycles. The van der Waals surface area contributed by atoms with Gasteiger partial charge in [0.15, 0.2) is 0 Å². The van der Waals surface area contributed by atoms with Crippen molar-refractivity contribution in [3.8, 4) is 11.6 Å². The number of nitrogens with two attached hydrogens (primary N) is 2. The molecule has 0 saturated carbocycles. The molecule has 0 atom stereocenters. The van der Waals surface area contributed by atoms with Crippen molar-refractivity contribution in [1.29, 1.82) is 0 Å². The minimum atomic E-state index is -0.546. The van der Waals surface area contributed by atoms with Crippen LogP contribution in [0.5, 0.6) is 11.6 Å². The van der Waals surface area contributed by atoms with Crippen molar-refractivity contribution >= 4 is 23.2 Å². The van der Waals surface area contributed by atoms with Crippen LogP contribution in [-0.4, -0.2) is 15.9 Å². The van der Waals surface area contributed by atoms with E-state index < -0.39 is 5.91 Å². The summed E-state index contributed by atoms with van der Waals surface area (Å²) in [6.45, 7) is 1.69. The normalized spacial score (nSPS) is 10.2. The van der Waals surface area contributed by atoms with Crippen LogP contribution >= 0.6 is 11.6 Å². The van der Waals surface area contributed by atoms with Gasteiger partial charge in [0.05, 0.1) is 5.69 Å². The van der Waals surface area contributed by atoms with Gasteiger partial charge in [0.25, 0.3) is 0 Å². The number of hydrogen-bond acceptors (Lipinski definition) is 5. The first-order valence-electron chi connectivity index (χ1n) is 5.34. The number of carbonyl (C=O) groups is 1. The van der Waals surface area contributed by atoms with Gasteiger partial charge in [-0.15, -0.1) is 0 Å². The topological polar surface area (TPSA) is 104 Å². The third-order valence-corrected chi connectivity index (χ3v) is 2.58. The third-order valence-electron chi connectivity index (χ3n) is 2.41. The number of nitrogens with zero attached hydrogens (tertiary/aromatic N) is 2. The Morgan fingerprint density at radius 3 is 2.79 bits per heavy atom. The highest BCUT2D eigenvalue weighted by molar-refractivity contribution is 6.28. The van der Waals surface area contributed by atoms with E-state index in [9.17, 15) is 4.79 Å². The predicted molar refractivity (Wildman–Crippen MR) is 71.2 cm³/mol. The number of primary amides is 1. The first kappa shape index (κ1) is 13.1. The number of rotatable bonds is 3. The van der Waals surface area contributed by atoms with Crippen LogP contribution in [0.2, 0.25) is 5.28 Å². The Labute approximate surface area is 114 Å². The van der Waals surface area contributed by atoms with Crippen LogP contribution in [-0.2, 0) is 0 Å². The van der Waals surface area contributed by atoms with Crippen LogP contribution in [0.25, 0.3) is 0 Å². The molecule has 98 valence electrons. The molecule has 0 aliphatic rings.